The Bertz CT molecular complexity index is 452. The Morgan fingerprint density at radius 2 is 2.16 bits per heavy atom. The Balaban J connectivity index is 1.65. The number of rotatable bonds is 7. The molecule has 0 bridgehead atoms. The van der Waals surface area contributed by atoms with Crippen LogP contribution in [-0.4, -0.2) is 43.8 Å². The quantitative estimate of drug-likeness (QED) is 0.628. The lowest BCUT2D eigenvalue weighted by molar-refractivity contribution is 0.400. The molecule has 0 aliphatic carbocycles. The number of imidazole rings is 1. The maximum absolute atomic E-state index is 11.9. The Labute approximate surface area is 114 Å². The van der Waals surface area contributed by atoms with Crippen molar-refractivity contribution in [3.63, 3.8) is 0 Å². The van der Waals surface area contributed by atoms with E-state index < -0.39 is 10.0 Å². The number of nitrogens with zero attached hydrogens (tertiary/aromatic N) is 1. The standard InChI is InChI=1S/C12H22N4O2S/c17-19(18,10-11-3-6-13-7-4-11)16-5-1-2-12-14-8-9-15-12/h8-9,11,13,16H,1-7,10H2,(H,14,15). The van der Waals surface area contributed by atoms with Gasteiger partial charge in [0.1, 0.15) is 5.82 Å². The monoisotopic (exact) mass is 286 g/mol. The third-order valence-corrected chi connectivity index (χ3v) is 4.94. The van der Waals surface area contributed by atoms with E-state index in [4.69, 9.17) is 0 Å². The summed E-state index contributed by atoms with van der Waals surface area (Å²) in [6.07, 6.45) is 6.91. The summed E-state index contributed by atoms with van der Waals surface area (Å²) in [5.41, 5.74) is 0. The summed E-state index contributed by atoms with van der Waals surface area (Å²) in [7, 11) is -3.13. The first-order valence-electron chi connectivity index (χ1n) is 6.82. The summed E-state index contributed by atoms with van der Waals surface area (Å²) < 4.78 is 26.5. The topological polar surface area (TPSA) is 86.9 Å². The molecule has 7 heteroatoms. The highest BCUT2D eigenvalue weighted by atomic mass is 32.2. The van der Waals surface area contributed by atoms with E-state index in [1.165, 1.54) is 0 Å². The SMILES string of the molecule is O=S(=O)(CC1CCNCC1)NCCCc1ncc[nH]1. The van der Waals surface area contributed by atoms with Gasteiger partial charge < -0.3 is 10.3 Å². The van der Waals surface area contributed by atoms with Crippen molar-refractivity contribution >= 4 is 10.0 Å². The third-order valence-electron chi connectivity index (χ3n) is 3.38. The normalized spacial score (nSPS) is 17.7. The molecule has 0 atom stereocenters. The summed E-state index contributed by atoms with van der Waals surface area (Å²) >= 11 is 0. The minimum atomic E-state index is -3.13. The fourth-order valence-corrected chi connectivity index (χ4v) is 3.86. The zero-order chi connectivity index (χ0) is 13.6. The first kappa shape index (κ1) is 14.5. The maximum Gasteiger partial charge on any atom is 0.211 e. The van der Waals surface area contributed by atoms with Gasteiger partial charge in [-0.05, 0) is 38.3 Å². The van der Waals surface area contributed by atoms with Crippen LogP contribution in [0.15, 0.2) is 12.4 Å². The molecule has 0 radical (unpaired) electrons. The predicted molar refractivity (Wildman–Crippen MR) is 74.3 cm³/mol. The van der Waals surface area contributed by atoms with Gasteiger partial charge in [0.05, 0.1) is 5.75 Å². The average molecular weight is 286 g/mol. The van der Waals surface area contributed by atoms with Gasteiger partial charge >= 0.3 is 0 Å². The number of hydrogen-bond acceptors (Lipinski definition) is 4. The van der Waals surface area contributed by atoms with Gasteiger partial charge in [0.25, 0.3) is 0 Å². The van der Waals surface area contributed by atoms with Crippen molar-refractivity contribution in [3.05, 3.63) is 18.2 Å². The molecule has 1 saturated heterocycles. The zero-order valence-electron chi connectivity index (χ0n) is 11.1. The molecule has 1 aliphatic rings. The van der Waals surface area contributed by atoms with Gasteiger partial charge in [-0.25, -0.2) is 18.1 Å². The molecular weight excluding hydrogens is 264 g/mol. The number of H-pyrrole nitrogens is 1. The van der Waals surface area contributed by atoms with E-state index in [-0.39, 0.29) is 5.75 Å². The minimum absolute atomic E-state index is 0.259. The van der Waals surface area contributed by atoms with Gasteiger partial charge in [0.2, 0.25) is 10.0 Å². The number of piperidine rings is 1. The number of sulfonamides is 1. The Morgan fingerprint density at radius 1 is 1.37 bits per heavy atom. The van der Waals surface area contributed by atoms with Crippen molar-refractivity contribution in [2.45, 2.75) is 25.7 Å². The molecular formula is C12H22N4O2S. The van der Waals surface area contributed by atoms with Crippen LogP contribution in [0.5, 0.6) is 0 Å². The lowest BCUT2D eigenvalue weighted by Gasteiger charge is -2.22. The van der Waals surface area contributed by atoms with Gasteiger partial charge in [0.15, 0.2) is 0 Å². The van der Waals surface area contributed by atoms with Gasteiger partial charge in [-0.1, -0.05) is 0 Å². The fraction of sp³-hybridized carbons (Fsp3) is 0.750. The van der Waals surface area contributed by atoms with E-state index in [1.54, 1.807) is 12.4 Å². The molecule has 0 saturated carbocycles. The van der Waals surface area contributed by atoms with E-state index >= 15 is 0 Å². The molecule has 0 unspecified atom stereocenters. The number of aromatic nitrogens is 2. The summed E-state index contributed by atoms with van der Waals surface area (Å²) in [4.78, 5) is 7.11. The minimum Gasteiger partial charge on any atom is -0.349 e. The van der Waals surface area contributed by atoms with Crippen LogP contribution in [-0.2, 0) is 16.4 Å². The lowest BCUT2D eigenvalue weighted by atomic mass is 10.0. The van der Waals surface area contributed by atoms with Crippen molar-refractivity contribution in [3.8, 4) is 0 Å². The van der Waals surface area contributed by atoms with Crippen molar-refractivity contribution in [1.29, 1.82) is 0 Å². The predicted octanol–water partition coefficient (Wildman–Crippen LogP) is 0.261. The van der Waals surface area contributed by atoms with Crippen LogP contribution in [0, 0.1) is 5.92 Å². The molecule has 1 aromatic rings. The van der Waals surface area contributed by atoms with Crippen LogP contribution < -0.4 is 10.0 Å². The number of nitrogens with one attached hydrogen (secondary N) is 3. The summed E-state index contributed by atoms with van der Waals surface area (Å²) in [6.45, 7) is 2.34. The van der Waals surface area contributed by atoms with Crippen molar-refractivity contribution in [1.82, 2.24) is 20.0 Å². The fourth-order valence-electron chi connectivity index (χ4n) is 2.34. The molecule has 6 nitrogen and oxygen atoms in total. The second-order valence-electron chi connectivity index (χ2n) is 5.01. The Hall–Kier alpha value is -0.920. The summed E-state index contributed by atoms with van der Waals surface area (Å²) in [6, 6.07) is 0. The first-order valence-corrected chi connectivity index (χ1v) is 8.47. The first-order chi connectivity index (χ1) is 9.16. The summed E-state index contributed by atoms with van der Waals surface area (Å²) in [5, 5.41) is 3.24. The Kier molecular flexibility index (Phi) is 5.35. The number of aromatic amines is 1. The zero-order valence-corrected chi connectivity index (χ0v) is 11.9. The molecule has 2 heterocycles. The number of hydrogen-bond donors (Lipinski definition) is 3. The number of aryl methyl sites for hydroxylation is 1. The van der Waals surface area contributed by atoms with Crippen LogP contribution in [0.3, 0.4) is 0 Å². The van der Waals surface area contributed by atoms with E-state index in [0.717, 1.165) is 44.6 Å². The average Bonchev–Trinajstić information content (AvgIpc) is 2.88. The van der Waals surface area contributed by atoms with E-state index in [0.29, 0.717) is 12.5 Å². The molecule has 0 spiro atoms. The van der Waals surface area contributed by atoms with E-state index in [1.807, 2.05) is 0 Å². The van der Waals surface area contributed by atoms with Crippen LogP contribution in [0.2, 0.25) is 0 Å². The highest BCUT2D eigenvalue weighted by Gasteiger charge is 2.20. The largest absolute Gasteiger partial charge is 0.349 e. The highest BCUT2D eigenvalue weighted by Crippen LogP contribution is 2.13. The Morgan fingerprint density at radius 3 is 2.84 bits per heavy atom. The molecule has 0 amide bonds. The maximum atomic E-state index is 11.9. The molecule has 1 aliphatic heterocycles. The van der Waals surface area contributed by atoms with E-state index in [2.05, 4.69) is 20.0 Å². The smallest absolute Gasteiger partial charge is 0.211 e. The molecule has 0 aromatic carbocycles. The van der Waals surface area contributed by atoms with E-state index in [9.17, 15) is 8.42 Å². The molecule has 108 valence electrons. The van der Waals surface area contributed by atoms with Crippen LogP contribution in [0.1, 0.15) is 25.1 Å². The third kappa shape index (κ3) is 5.30. The molecule has 1 fully saturated rings. The van der Waals surface area contributed by atoms with Crippen molar-refractivity contribution in [2.24, 2.45) is 5.92 Å². The van der Waals surface area contributed by atoms with Crippen molar-refractivity contribution < 1.29 is 8.42 Å². The highest BCUT2D eigenvalue weighted by molar-refractivity contribution is 7.89. The van der Waals surface area contributed by atoms with Crippen LogP contribution in [0.4, 0.5) is 0 Å². The van der Waals surface area contributed by atoms with Crippen LogP contribution >= 0.6 is 0 Å². The second-order valence-corrected chi connectivity index (χ2v) is 6.86. The van der Waals surface area contributed by atoms with Gasteiger partial charge in [-0.2, -0.15) is 0 Å². The molecule has 19 heavy (non-hydrogen) atoms. The molecule has 3 N–H and O–H groups in total. The van der Waals surface area contributed by atoms with Gasteiger partial charge in [-0.15, -0.1) is 0 Å². The van der Waals surface area contributed by atoms with Gasteiger partial charge in [0, 0.05) is 25.4 Å². The molecule has 2 rings (SSSR count). The second kappa shape index (κ2) is 7.02. The van der Waals surface area contributed by atoms with Gasteiger partial charge in [-0.3, -0.25) is 0 Å². The van der Waals surface area contributed by atoms with Crippen LogP contribution in [0.25, 0.3) is 0 Å². The lowest BCUT2D eigenvalue weighted by Crippen LogP contribution is -2.36. The summed E-state index contributed by atoms with van der Waals surface area (Å²) in [5.74, 6) is 1.46. The molecule has 1 aromatic heterocycles. The van der Waals surface area contributed by atoms with Crippen molar-refractivity contribution in [2.75, 3.05) is 25.4 Å².